The number of hydrogen-bond acceptors (Lipinski definition) is 12. The van der Waals surface area contributed by atoms with Crippen molar-refractivity contribution in [3.8, 4) is 0 Å². The number of rotatable bonds is 16. The highest BCUT2D eigenvalue weighted by Crippen LogP contribution is 2.73. The molecule has 3 aromatic rings. The Morgan fingerprint density at radius 1 is 0.594 bits per heavy atom. The summed E-state index contributed by atoms with van der Waals surface area (Å²) >= 11 is 0. The lowest BCUT2D eigenvalue weighted by atomic mass is 9.68. The van der Waals surface area contributed by atoms with Gasteiger partial charge in [-0.15, -0.1) is 0 Å². The van der Waals surface area contributed by atoms with Crippen LogP contribution in [0.15, 0.2) is 91.0 Å². The van der Waals surface area contributed by atoms with Gasteiger partial charge in [0.15, 0.2) is 12.1 Å². The molecule has 0 radical (unpaired) electrons. The maximum atomic E-state index is 13.2. The Balaban J connectivity index is 1.11. The Morgan fingerprint density at radius 3 is 1.58 bits per heavy atom. The minimum Gasteiger partial charge on any atom is -0.414 e. The minimum atomic E-state index is -3.19. The highest BCUT2D eigenvalue weighted by molar-refractivity contribution is 6.84. The molecule has 9 rings (SSSR count). The summed E-state index contributed by atoms with van der Waals surface area (Å²) in [6.45, 7) is 25.4. The maximum Gasteiger partial charge on any atom is 0.335 e. The van der Waals surface area contributed by atoms with E-state index in [4.69, 9.17) is 46.1 Å². The van der Waals surface area contributed by atoms with E-state index in [0.717, 1.165) is 29.5 Å². The molecule has 0 amide bonds. The van der Waals surface area contributed by atoms with Gasteiger partial charge in [-0.1, -0.05) is 167 Å². The van der Waals surface area contributed by atoms with Gasteiger partial charge in [-0.2, -0.15) is 0 Å². The molecule has 3 aliphatic carbocycles. The third kappa shape index (κ3) is 9.12. The van der Waals surface area contributed by atoms with E-state index in [9.17, 15) is 10.2 Å². The first-order valence-corrected chi connectivity index (χ1v) is 29.8. The molecule has 380 valence electrons. The average molecular weight is 989 g/mol. The van der Waals surface area contributed by atoms with Gasteiger partial charge in [0, 0.05) is 11.8 Å². The van der Waals surface area contributed by atoms with E-state index in [-0.39, 0.29) is 52.8 Å². The lowest BCUT2D eigenvalue weighted by molar-refractivity contribution is -0.346. The number of fused-ring (bicyclic) bond motifs is 6. The Labute approximate surface area is 413 Å². The van der Waals surface area contributed by atoms with Crippen molar-refractivity contribution in [3.05, 3.63) is 108 Å². The SMILES string of the molecule is CC(C)[Si]1(C(C)C)O[C@H]2[C@H]3OC4(C[C@@H]5CC[C@@]4(C)C5(C)C)O[C@H]3[C@H](O[C@H]3O[C@H](COCc4ccccc4)[C@@H](OCc4ccccc4)[C@H](OCc4ccccc4)[C@@H]3O)[C@@H](O)[C@@H]2O[Si](C(C)C)(C(C)C)O1. The molecule has 14 heteroatoms. The summed E-state index contributed by atoms with van der Waals surface area (Å²) in [5, 5.41) is 26.0. The van der Waals surface area contributed by atoms with Gasteiger partial charge in [0.25, 0.3) is 0 Å². The zero-order valence-electron chi connectivity index (χ0n) is 42.8. The van der Waals surface area contributed by atoms with Crippen LogP contribution in [0.25, 0.3) is 0 Å². The molecular weight excluding hydrogens is 909 g/mol. The average Bonchev–Trinajstić information content (AvgIpc) is 3.80. The molecule has 6 fully saturated rings. The first kappa shape index (κ1) is 51.5. The van der Waals surface area contributed by atoms with Crippen LogP contribution in [0.5, 0.6) is 0 Å². The van der Waals surface area contributed by atoms with Crippen molar-refractivity contribution in [3.63, 3.8) is 0 Å². The smallest absolute Gasteiger partial charge is 0.335 e. The Bertz CT molecular complexity index is 2130. The van der Waals surface area contributed by atoms with Gasteiger partial charge in [0.2, 0.25) is 0 Å². The van der Waals surface area contributed by atoms with Crippen molar-refractivity contribution in [1.29, 1.82) is 0 Å². The van der Waals surface area contributed by atoms with Crippen molar-refractivity contribution in [2.45, 2.75) is 211 Å². The van der Waals surface area contributed by atoms with Crippen molar-refractivity contribution < 1.29 is 56.3 Å². The first-order valence-electron chi connectivity index (χ1n) is 25.9. The molecule has 69 heavy (non-hydrogen) atoms. The maximum absolute atomic E-state index is 13.2. The number of aliphatic hydroxyl groups excluding tert-OH is 2. The molecule has 3 heterocycles. The topological polar surface area (TPSA) is 133 Å². The van der Waals surface area contributed by atoms with Crippen LogP contribution in [0.4, 0.5) is 0 Å². The van der Waals surface area contributed by atoms with Crippen LogP contribution in [-0.4, -0.2) is 107 Å². The standard InChI is InChI=1S/C55H80O12Si2/c1-34(2)68(35(3)4)65-48-43(56)47(49-50(51(48)66-69(67-68,36(5)6)37(7)8)64-55(63-49)29-41-27-28-54(55,11)53(41,9)10)62-52-44(57)46(60-32-40-25-19-14-20-26-40)45(59-31-39-23-17-13-18-24-39)42(61-52)33-58-30-38-21-15-12-16-22-38/h12-26,34-37,41-52,56-57H,27-33H2,1-11H3/t41-,42+,43+,44-,45+,46+,47+,48-,49-,50-,51+,52+,54-,55?/m0/s1. The van der Waals surface area contributed by atoms with Gasteiger partial charge in [0.05, 0.1) is 26.4 Å². The second kappa shape index (κ2) is 20.1. The van der Waals surface area contributed by atoms with Gasteiger partial charge in [0.1, 0.15) is 61.0 Å². The van der Waals surface area contributed by atoms with E-state index >= 15 is 0 Å². The third-order valence-electron chi connectivity index (χ3n) is 17.5. The molecule has 3 aromatic carbocycles. The van der Waals surface area contributed by atoms with Crippen LogP contribution in [0.3, 0.4) is 0 Å². The summed E-state index contributed by atoms with van der Waals surface area (Å²) in [6.07, 6.45) is -7.86. The van der Waals surface area contributed by atoms with Gasteiger partial charge in [-0.05, 0) is 63.0 Å². The van der Waals surface area contributed by atoms with E-state index in [0.29, 0.717) is 18.9 Å². The lowest BCUT2D eigenvalue weighted by Gasteiger charge is -2.49. The second-order valence-corrected chi connectivity index (χ2v) is 31.7. The largest absolute Gasteiger partial charge is 0.414 e. The van der Waals surface area contributed by atoms with Crippen LogP contribution in [0, 0.1) is 16.7 Å². The van der Waals surface area contributed by atoms with Gasteiger partial charge < -0.3 is 56.3 Å². The van der Waals surface area contributed by atoms with E-state index in [1.807, 2.05) is 91.0 Å². The van der Waals surface area contributed by atoms with E-state index < -0.39 is 90.2 Å². The van der Waals surface area contributed by atoms with Crippen molar-refractivity contribution in [2.75, 3.05) is 6.61 Å². The normalized spacial score (nSPS) is 37.7. The molecule has 12 nitrogen and oxygen atoms in total. The summed E-state index contributed by atoms with van der Waals surface area (Å²) in [6, 6.07) is 29.8. The van der Waals surface area contributed by atoms with Crippen LogP contribution in [-0.2, 0) is 65.9 Å². The van der Waals surface area contributed by atoms with Crippen LogP contribution >= 0.6 is 0 Å². The molecule has 3 saturated heterocycles. The molecule has 6 aliphatic rings. The van der Waals surface area contributed by atoms with E-state index in [2.05, 4.69) is 76.2 Å². The summed E-state index contributed by atoms with van der Waals surface area (Å²) in [5.74, 6) is -0.585. The molecule has 1 spiro atoms. The van der Waals surface area contributed by atoms with Crippen molar-refractivity contribution in [1.82, 2.24) is 0 Å². The highest BCUT2D eigenvalue weighted by atomic mass is 28.5. The molecule has 2 N–H and O–H groups in total. The number of benzene rings is 3. The summed E-state index contributed by atoms with van der Waals surface area (Å²) in [4.78, 5) is 0. The van der Waals surface area contributed by atoms with Crippen molar-refractivity contribution >= 4 is 17.1 Å². The van der Waals surface area contributed by atoms with E-state index in [1.165, 1.54) is 0 Å². The van der Waals surface area contributed by atoms with Crippen molar-refractivity contribution in [2.24, 2.45) is 16.7 Å². The zero-order chi connectivity index (χ0) is 49.1. The van der Waals surface area contributed by atoms with Crippen LogP contribution in [0.1, 0.15) is 112 Å². The predicted octanol–water partition coefficient (Wildman–Crippen LogP) is 9.87. The summed E-state index contributed by atoms with van der Waals surface area (Å²) < 4.78 is 71.9. The summed E-state index contributed by atoms with van der Waals surface area (Å²) in [7, 11) is -6.32. The van der Waals surface area contributed by atoms with Gasteiger partial charge >= 0.3 is 17.1 Å². The van der Waals surface area contributed by atoms with Gasteiger partial charge in [-0.3, -0.25) is 0 Å². The predicted molar refractivity (Wildman–Crippen MR) is 266 cm³/mol. The molecule has 14 atom stereocenters. The van der Waals surface area contributed by atoms with Crippen LogP contribution in [0.2, 0.25) is 22.2 Å². The number of ether oxygens (including phenoxy) is 7. The fourth-order valence-corrected chi connectivity index (χ4v) is 24.3. The molecule has 3 aliphatic heterocycles. The quantitative estimate of drug-likeness (QED) is 0.133. The fraction of sp³-hybridized carbons (Fsp3) is 0.673. The third-order valence-corrected chi connectivity index (χ3v) is 27.7. The molecule has 2 bridgehead atoms. The monoisotopic (exact) mass is 989 g/mol. The number of hydrogen-bond donors (Lipinski definition) is 2. The first-order chi connectivity index (χ1) is 32.9. The summed E-state index contributed by atoms with van der Waals surface area (Å²) in [5.41, 5.74) is 2.70. The lowest BCUT2D eigenvalue weighted by Crippen LogP contribution is -2.69. The zero-order valence-corrected chi connectivity index (χ0v) is 44.8. The molecule has 3 saturated carbocycles. The Kier molecular flexibility index (Phi) is 15.0. The second-order valence-electron chi connectivity index (χ2n) is 22.9. The molecule has 0 aromatic heterocycles. The highest BCUT2D eigenvalue weighted by Gasteiger charge is 2.77. The fourth-order valence-electron chi connectivity index (χ4n) is 13.0. The van der Waals surface area contributed by atoms with Crippen LogP contribution < -0.4 is 0 Å². The Hall–Kier alpha value is -2.39. The Morgan fingerprint density at radius 2 is 1.09 bits per heavy atom. The molecular formula is C55H80O12Si2. The molecule has 1 unspecified atom stereocenters. The van der Waals surface area contributed by atoms with Gasteiger partial charge in [-0.25, -0.2) is 0 Å². The minimum absolute atomic E-state index is 0.0290. The number of aliphatic hydroxyl groups is 2. The van der Waals surface area contributed by atoms with E-state index in [1.54, 1.807) is 0 Å².